The third-order valence-corrected chi connectivity index (χ3v) is 3.42. The molecule has 0 spiro atoms. The van der Waals surface area contributed by atoms with Crippen LogP contribution < -0.4 is 0 Å². The minimum absolute atomic E-state index is 0.0181. The first kappa shape index (κ1) is 11.8. The molecule has 0 amide bonds. The number of aromatic nitrogens is 1. The minimum Gasteiger partial charge on any atom is -0.476 e. The van der Waals surface area contributed by atoms with Crippen LogP contribution >= 0.6 is 27.3 Å². The summed E-state index contributed by atoms with van der Waals surface area (Å²) in [5.74, 6) is -3.59. The highest BCUT2D eigenvalue weighted by Gasteiger charge is 2.25. The molecule has 0 bridgehead atoms. The van der Waals surface area contributed by atoms with Crippen LogP contribution in [0.15, 0.2) is 20.3 Å². The molecule has 0 saturated heterocycles. The average molecular weight is 318 g/mol. The molecule has 0 unspecified atom stereocenters. The molecular weight excluding hydrogens is 314 g/mol. The van der Waals surface area contributed by atoms with Crippen LogP contribution in [-0.4, -0.2) is 27.1 Å². The predicted octanol–water partition coefficient (Wildman–Crippen LogP) is 2.56. The summed E-state index contributed by atoms with van der Waals surface area (Å²) in [6.07, 6.45) is 0. The summed E-state index contributed by atoms with van der Waals surface area (Å²) < 4.78 is 5.74. The summed E-state index contributed by atoms with van der Waals surface area (Å²) in [5.41, 5.74) is -0.600. The van der Waals surface area contributed by atoms with Crippen molar-refractivity contribution in [3.05, 3.63) is 27.4 Å². The Kier molecular flexibility index (Phi) is 2.99. The van der Waals surface area contributed by atoms with Crippen LogP contribution in [0.4, 0.5) is 0 Å². The molecule has 2 heterocycles. The predicted molar refractivity (Wildman–Crippen MR) is 61.4 cm³/mol. The zero-order valence-electron chi connectivity index (χ0n) is 8.01. The van der Waals surface area contributed by atoms with E-state index in [0.717, 1.165) is 3.79 Å². The van der Waals surface area contributed by atoms with Crippen LogP contribution in [0.5, 0.6) is 0 Å². The number of halogens is 1. The summed E-state index contributed by atoms with van der Waals surface area (Å²) in [6.45, 7) is 0. The van der Waals surface area contributed by atoms with E-state index in [0.29, 0.717) is 4.88 Å². The van der Waals surface area contributed by atoms with Gasteiger partial charge in [-0.05, 0) is 28.1 Å². The Hall–Kier alpha value is -1.67. The van der Waals surface area contributed by atoms with E-state index in [1.165, 1.54) is 11.3 Å². The molecule has 0 aliphatic heterocycles. The van der Waals surface area contributed by atoms with Crippen molar-refractivity contribution >= 4 is 39.2 Å². The summed E-state index contributed by atoms with van der Waals surface area (Å²) >= 11 is 4.49. The summed E-state index contributed by atoms with van der Waals surface area (Å²) in [7, 11) is 0. The fraction of sp³-hybridized carbons (Fsp3) is 0. The number of nitrogens with zero attached hydrogens (tertiary/aromatic N) is 1. The van der Waals surface area contributed by atoms with Crippen molar-refractivity contribution < 1.29 is 24.2 Å². The van der Waals surface area contributed by atoms with Crippen molar-refractivity contribution in [2.24, 2.45) is 0 Å². The first-order valence-electron chi connectivity index (χ1n) is 4.22. The molecule has 0 aliphatic rings. The number of rotatable bonds is 3. The maximum atomic E-state index is 10.8. The topological polar surface area (TPSA) is 101 Å². The number of carboxylic acid groups (broad SMARTS) is 2. The van der Waals surface area contributed by atoms with E-state index >= 15 is 0 Å². The molecule has 8 heteroatoms. The van der Waals surface area contributed by atoms with Crippen LogP contribution in [0.2, 0.25) is 0 Å². The maximum absolute atomic E-state index is 10.8. The third-order valence-electron chi connectivity index (χ3n) is 1.81. The Bertz CT molecular complexity index is 571. The highest BCUT2D eigenvalue weighted by atomic mass is 79.9. The molecule has 0 aliphatic carbocycles. The Morgan fingerprint density at radius 1 is 1.29 bits per heavy atom. The SMILES string of the molecule is O=C(O)c1nc(-c2ccc(Br)s2)oc1C(=O)O. The largest absolute Gasteiger partial charge is 0.476 e. The minimum atomic E-state index is -1.46. The Morgan fingerprint density at radius 2 is 2.00 bits per heavy atom. The lowest BCUT2D eigenvalue weighted by atomic mass is 10.3. The molecule has 2 N–H and O–H groups in total. The number of carbonyl (C=O) groups is 2. The molecule has 2 aromatic heterocycles. The van der Waals surface area contributed by atoms with E-state index in [9.17, 15) is 9.59 Å². The van der Waals surface area contributed by atoms with E-state index < -0.39 is 23.4 Å². The van der Waals surface area contributed by atoms with Crippen LogP contribution in [0.3, 0.4) is 0 Å². The molecule has 88 valence electrons. The second-order valence-corrected chi connectivity index (χ2v) is 5.37. The van der Waals surface area contributed by atoms with E-state index in [4.69, 9.17) is 14.6 Å². The summed E-state index contributed by atoms with van der Waals surface area (Å²) in [6, 6.07) is 3.38. The van der Waals surface area contributed by atoms with E-state index in [1.807, 2.05) is 0 Å². The van der Waals surface area contributed by atoms with Crippen molar-refractivity contribution in [1.82, 2.24) is 4.98 Å². The number of aromatic carboxylic acids is 2. The Morgan fingerprint density at radius 3 is 2.41 bits per heavy atom. The first-order chi connectivity index (χ1) is 7.99. The second kappa shape index (κ2) is 4.30. The van der Waals surface area contributed by atoms with Gasteiger partial charge < -0.3 is 14.6 Å². The highest BCUT2D eigenvalue weighted by molar-refractivity contribution is 9.11. The summed E-state index contributed by atoms with van der Waals surface area (Å²) in [4.78, 5) is 25.8. The molecular formula is C9H4BrNO5S. The van der Waals surface area contributed by atoms with Crippen LogP contribution in [0.1, 0.15) is 21.0 Å². The lowest BCUT2D eigenvalue weighted by molar-refractivity contribution is 0.0624. The number of oxazole rings is 1. The molecule has 0 fully saturated rings. The molecule has 2 rings (SSSR count). The lowest BCUT2D eigenvalue weighted by Gasteiger charge is -1.87. The molecule has 17 heavy (non-hydrogen) atoms. The maximum Gasteiger partial charge on any atom is 0.374 e. The van der Waals surface area contributed by atoms with Gasteiger partial charge in [-0.3, -0.25) is 0 Å². The van der Waals surface area contributed by atoms with Gasteiger partial charge in [-0.2, -0.15) is 0 Å². The van der Waals surface area contributed by atoms with Crippen LogP contribution in [-0.2, 0) is 0 Å². The third kappa shape index (κ3) is 2.22. The van der Waals surface area contributed by atoms with Crippen molar-refractivity contribution in [2.45, 2.75) is 0 Å². The molecule has 0 atom stereocenters. The van der Waals surface area contributed by atoms with Gasteiger partial charge in [-0.25, -0.2) is 14.6 Å². The Balaban J connectivity index is 2.54. The van der Waals surface area contributed by atoms with Gasteiger partial charge in [0, 0.05) is 0 Å². The first-order valence-corrected chi connectivity index (χ1v) is 5.83. The zero-order chi connectivity index (χ0) is 12.6. The smallest absolute Gasteiger partial charge is 0.374 e. The van der Waals surface area contributed by atoms with Gasteiger partial charge in [0.15, 0.2) is 0 Å². The molecule has 6 nitrogen and oxygen atoms in total. The van der Waals surface area contributed by atoms with Gasteiger partial charge in [0.05, 0.1) is 8.66 Å². The number of hydrogen-bond acceptors (Lipinski definition) is 5. The van der Waals surface area contributed by atoms with Gasteiger partial charge in [0.25, 0.3) is 0 Å². The number of thiophene rings is 1. The fourth-order valence-electron chi connectivity index (χ4n) is 1.14. The van der Waals surface area contributed by atoms with Gasteiger partial charge in [0.2, 0.25) is 17.3 Å². The zero-order valence-corrected chi connectivity index (χ0v) is 10.4. The average Bonchev–Trinajstić information content (AvgIpc) is 2.82. The number of hydrogen-bond donors (Lipinski definition) is 2. The van der Waals surface area contributed by atoms with E-state index in [1.54, 1.807) is 12.1 Å². The summed E-state index contributed by atoms with van der Waals surface area (Å²) in [5, 5.41) is 17.6. The lowest BCUT2D eigenvalue weighted by Crippen LogP contribution is -2.05. The monoisotopic (exact) mass is 317 g/mol. The standard InChI is InChI=1S/C9H4BrNO5S/c10-4-2-1-3(17-4)7-11-5(8(12)13)6(16-7)9(14)15/h1-2H,(H,12,13)(H,14,15). The van der Waals surface area contributed by atoms with Crippen LogP contribution in [0.25, 0.3) is 10.8 Å². The van der Waals surface area contributed by atoms with Gasteiger partial charge in [-0.15, -0.1) is 11.3 Å². The molecule has 0 radical (unpaired) electrons. The fourth-order valence-corrected chi connectivity index (χ4v) is 2.46. The van der Waals surface area contributed by atoms with Crippen LogP contribution in [0, 0.1) is 0 Å². The molecule has 2 aromatic rings. The van der Waals surface area contributed by atoms with E-state index in [-0.39, 0.29) is 5.89 Å². The van der Waals surface area contributed by atoms with Gasteiger partial charge in [0.1, 0.15) is 0 Å². The highest BCUT2D eigenvalue weighted by Crippen LogP contribution is 2.31. The van der Waals surface area contributed by atoms with Crippen molar-refractivity contribution in [3.63, 3.8) is 0 Å². The normalized spacial score (nSPS) is 10.4. The second-order valence-electron chi connectivity index (χ2n) is 2.91. The van der Waals surface area contributed by atoms with Crippen molar-refractivity contribution in [1.29, 1.82) is 0 Å². The Labute approximate surface area is 107 Å². The van der Waals surface area contributed by atoms with Gasteiger partial charge in [-0.1, -0.05) is 0 Å². The quantitative estimate of drug-likeness (QED) is 0.902. The molecule has 0 aromatic carbocycles. The van der Waals surface area contributed by atoms with Gasteiger partial charge >= 0.3 is 11.9 Å². The number of carboxylic acids is 2. The van der Waals surface area contributed by atoms with Crippen molar-refractivity contribution in [2.75, 3.05) is 0 Å². The van der Waals surface area contributed by atoms with Crippen molar-refractivity contribution in [3.8, 4) is 10.8 Å². The van der Waals surface area contributed by atoms with E-state index in [2.05, 4.69) is 20.9 Å². The molecule has 0 saturated carbocycles.